The predicted molar refractivity (Wildman–Crippen MR) is 67.5 cm³/mol. The van der Waals surface area contributed by atoms with Crippen molar-refractivity contribution >= 4 is 0 Å². The number of nitrogens with one attached hydrogen (secondary N) is 1. The molecule has 2 nitrogen and oxygen atoms in total. The number of likely N-dealkylation sites (N-methyl/N-ethyl adjacent to an activating group) is 1. The zero-order valence-electron chi connectivity index (χ0n) is 10.6. The fourth-order valence-electron chi connectivity index (χ4n) is 3.32. The second-order valence-electron chi connectivity index (χ2n) is 6.23. The summed E-state index contributed by atoms with van der Waals surface area (Å²) in [6.45, 7) is 2.80. The van der Waals surface area contributed by atoms with E-state index in [0.29, 0.717) is 0 Å². The van der Waals surface area contributed by atoms with E-state index in [1.54, 1.807) is 0 Å². The average molecular weight is 222 g/mol. The lowest BCUT2D eigenvalue weighted by atomic mass is 10.1. The van der Waals surface area contributed by atoms with Crippen molar-refractivity contribution < 1.29 is 0 Å². The summed E-state index contributed by atoms with van der Waals surface area (Å²) in [6.07, 6.45) is 10.3. The van der Waals surface area contributed by atoms with Crippen LogP contribution in [0.3, 0.4) is 0 Å². The van der Waals surface area contributed by atoms with E-state index < -0.39 is 0 Å². The second kappa shape index (κ2) is 4.66. The van der Waals surface area contributed by atoms with E-state index in [2.05, 4.69) is 17.3 Å². The van der Waals surface area contributed by atoms with E-state index in [1.165, 1.54) is 58.0 Å². The van der Waals surface area contributed by atoms with Gasteiger partial charge in [-0.2, -0.15) is 0 Å². The minimum absolute atomic E-state index is 0.775. The van der Waals surface area contributed by atoms with Crippen molar-refractivity contribution in [3.05, 3.63) is 0 Å². The van der Waals surface area contributed by atoms with E-state index in [-0.39, 0.29) is 0 Å². The van der Waals surface area contributed by atoms with Gasteiger partial charge in [-0.15, -0.1) is 0 Å². The molecule has 0 amide bonds. The molecule has 3 rings (SSSR count). The predicted octanol–water partition coefficient (Wildman–Crippen LogP) is 2.25. The quantitative estimate of drug-likeness (QED) is 0.741. The molecule has 2 atom stereocenters. The van der Waals surface area contributed by atoms with Gasteiger partial charge in [0, 0.05) is 25.2 Å². The minimum Gasteiger partial charge on any atom is -0.315 e. The molecule has 0 aliphatic heterocycles. The monoisotopic (exact) mass is 222 g/mol. The maximum absolute atomic E-state index is 3.54. The summed E-state index contributed by atoms with van der Waals surface area (Å²) in [7, 11) is 2.15. The molecule has 0 aromatic carbocycles. The zero-order chi connectivity index (χ0) is 11.0. The molecule has 3 aliphatic rings. The van der Waals surface area contributed by atoms with E-state index in [0.717, 1.165) is 23.9 Å². The first-order valence-electron chi connectivity index (χ1n) is 7.28. The Bertz CT molecular complexity index is 219. The van der Waals surface area contributed by atoms with Crippen molar-refractivity contribution in [2.24, 2.45) is 11.8 Å². The van der Waals surface area contributed by atoms with E-state index in [9.17, 15) is 0 Å². The molecule has 2 unspecified atom stereocenters. The highest BCUT2D eigenvalue weighted by Gasteiger charge is 2.37. The summed E-state index contributed by atoms with van der Waals surface area (Å²) in [6, 6.07) is 1.63. The maximum Gasteiger partial charge on any atom is 0.0249 e. The van der Waals surface area contributed by atoms with E-state index >= 15 is 0 Å². The van der Waals surface area contributed by atoms with E-state index in [4.69, 9.17) is 0 Å². The normalized spacial score (nSPS) is 34.9. The lowest BCUT2D eigenvalue weighted by Gasteiger charge is -2.33. The summed E-state index contributed by atoms with van der Waals surface area (Å²) in [4.78, 5) is 2.85. The van der Waals surface area contributed by atoms with Crippen LogP contribution in [0.15, 0.2) is 0 Å². The van der Waals surface area contributed by atoms with Crippen molar-refractivity contribution in [3.8, 4) is 0 Å². The van der Waals surface area contributed by atoms with Gasteiger partial charge in [-0.25, -0.2) is 0 Å². The topological polar surface area (TPSA) is 15.3 Å². The molecule has 3 saturated carbocycles. The Morgan fingerprint density at radius 1 is 0.938 bits per heavy atom. The third-order valence-corrected chi connectivity index (χ3v) is 4.70. The summed E-state index contributed by atoms with van der Waals surface area (Å²) in [5.41, 5.74) is 0. The van der Waals surface area contributed by atoms with Crippen LogP contribution in [-0.4, -0.2) is 37.1 Å². The molecule has 0 saturated heterocycles. The summed E-state index contributed by atoms with van der Waals surface area (Å²) < 4.78 is 0. The van der Waals surface area contributed by atoms with Crippen molar-refractivity contribution in [2.45, 2.75) is 57.0 Å². The van der Waals surface area contributed by atoms with E-state index in [1.807, 2.05) is 0 Å². The van der Waals surface area contributed by atoms with Crippen LogP contribution < -0.4 is 5.32 Å². The van der Waals surface area contributed by atoms with Gasteiger partial charge in [0.25, 0.3) is 0 Å². The first kappa shape index (κ1) is 11.0. The Hall–Kier alpha value is -0.0800. The van der Waals surface area contributed by atoms with Gasteiger partial charge in [0.2, 0.25) is 0 Å². The van der Waals surface area contributed by atoms with Crippen LogP contribution >= 0.6 is 0 Å². The molecule has 0 aromatic rings. The fraction of sp³-hybridized carbons (Fsp3) is 1.00. The average Bonchev–Trinajstić information content (AvgIpc) is 3.20. The number of hydrogen-bond acceptors (Lipinski definition) is 2. The molecule has 2 heteroatoms. The van der Waals surface area contributed by atoms with Gasteiger partial charge < -0.3 is 5.32 Å². The van der Waals surface area contributed by atoms with Gasteiger partial charge in [-0.1, -0.05) is 6.42 Å². The fourth-order valence-corrected chi connectivity index (χ4v) is 3.32. The molecule has 0 spiro atoms. The Labute approximate surface area is 99.8 Å². The van der Waals surface area contributed by atoms with Gasteiger partial charge in [-0.3, -0.25) is 4.90 Å². The molecule has 3 aliphatic carbocycles. The largest absolute Gasteiger partial charge is 0.315 e. The van der Waals surface area contributed by atoms with Crippen LogP contribution in [0, 0.1) is 11.8 Å². The molecule has 0 bridgehead atoms. The molecule has 16 heavy (non-hydrogen) atoms. The first-order chi connectivity index (χ1) is 7.86. The summed E-state index contributed by atoms with van der Waals surface area (Å²) >= 11 is 0. The molecule has 0 heterocycles. The number of hydrogen-bond donors (Lipinski definition) is 1. The van der Waals surface area contributed by atoms with Crippen LogP contribution in [0.25, 0.3) is 0 Å². The standard InChI is InChI=1S/C14H26N2/c1-15-13-3-2-4-14(13)16(9-11-5-6-11)10-12-7-8-12/h11-15H,2-10H2,1H3. The third-order valence-electron chi connectivity index (χ3n) is 4.70. The highest BCUT2D eigenvalue weighted by molar-refractivity contribution is 4.93. The van der Waals surface area contributed by atoms with Gasteiger partial charge in [0.15, 0.2) is 0 Å². The minimum atomic E-state index is 0.775. The van der Waals surface area contributed by atoms with Crippen molar-refractivity contribution in [3.63, 3.8) is 0 Å². The molecular weight excluding hydrogens is 196 g/mol. The van der Waals surface area contributed by atoms with Crippen LogP contribution in [0.1, 0.15) is 44.9 Å². The second-order valence-corrected chi connectivity index (χ2v) is 6.23. The van der Waals surface area contributed by atoms with Crippen LogP contribution in [-0.2, 0) is 0 Å². The molecule has 0 radical (unpaired) electrons. The smallest absolute Gasteiger partial charge is 0.0249 e. The van der Waals surface area contributed by atoms with Crippen LogP contribution in [0.5, 0.6) is 0 Å². The maximum atomic E-state index is 3.54. The SMILES string of the molecule is CNC1CCCC1N(CC1CC1)CC1CC1. The Balaban J connectivity index is 1.59. The van der Waals surface area contributed by atoms with Crippen LogP contribution in [0.4, 0.5) is 0 Å². The zero-order valence-corrected chi connectivity index (χ0v) is 10.6. The molecular formula is C14H26N2. The van der Waals surface area contributed by atoms with Gasteiger partial charge in [0.05, 0.1) is 0 Å². The van der Waals surface area contributed by atoms with Gasteiger partial charge in [-0.05, 0) is 57.4 Å². The van der Waals surface area contributed by atoms with Gasteiger partial charge in [0.1, 0.15) is 0 Å². The highest BCUT2D eigenvalue weighted by Crippen LogP contribution is 2.36. The molecule has 92 valence electrons. The first-order valence-corrected chi connectivity index (χ1v) is 7.28. The Morgan fingerprint density at radius 3 is 2.06 bits per heavy atom. The number of nitrogens with zero attached hydrogens (tertiary/aromatic N) is 1. The highest BCUT2D eigenvalue weighted by atomic mass is 15.2. The van der Waals surface area contributed by atoms with Crippen molar-refractivity contribution in [1.29, 1.82) is 0 Å². The van der Waals surface area contributed by atoms with Crippen molar-refractivity contribution in [1.82, 2.24) is 10.2 Å². The molecule has 0 aromatic heterocycles. The number of rotatable bonds is 6. The summed E-state index contributed by atoms with van der Waals surface area (Å²) in [5, 5.41) is 3.54. The molecule has 3 fully saturated rings. The van der Waals surface area contributed by atoms with Crippen LogP contribution in [0.2, 0.25) is 0 Å². The summed E-state index contributed by atoms with van der Waals surface area (Å²) in [5.74, 6) is 2.11. The van der Waals surface area contributed by atoms with Gasteiger partial charge >= 0.3 is 0 Å². The van der Waals surface area contributed by atoms with Crippen molar-refractivity contribution in [2.75, 3.05) is 20.1 Å². The Morgan fingerprint density at radius 2 is 1.56 bits per heavy atom. The Kier molecular flexibility index (Phi) is 3.21. The lowest BCUT2D eigenvalue weighted by Crippen LogP contribution is -2.47. The lowest BCUT2D eigenvalue weighted by molar-refractivity contribution is 0.161. The molecule has 1 N–H and O–H groups in total. The third kappa shape index (κ3) is 2.60.